The first-order valence-corrected chi connectivity index (χ1v) is 7.91. The average Bonchev–Trinajstić information content (AvgIpc) is 2.49. The van der Waals surface area contributed by atoms with Gasteiger partial charge in [0.15, 0.2) is 0 Å². The fourth-order valence-corrected chi connectivity index (χ4v) is 2.83. The van der Waals surface area contributed by atoms with Crippen molar-refractivity contribution in [3.05, 3.63) is 30.3 Å². The Hall–Kier alpha value is -1.06. The zero-order valence-corrected chi connectivity index (χ0v) is 13.0. The van der Waals surface area contributed by atoms with Gasteiger partial charge in [0.05, 0.1) is 0 Å². The van der Waals surface area contributed by atoms with Gasteiger partial charge in [0.1, 0.15) is 0 Å². The molecule has 0 amide bonds. The number of piperidine rings is 1. The Kier molecular flexibility index (Phi) is 6.34. The summed E-state index contributed by atoms with van der Waals surface area (Å²) >= 11 is 0. The van der Waals surface area contributed by atoms with Crippen molar-refractivity contribution in [2.45, 2.75) is 19.3 Å². The Morgan fingerprint density at radius 3 is 2.60 bits per heavy atom. The van der Waals surface area contributed by atoms with E-state index >= 15 is 0 Å². The second-order valence-electron chi connectivity index (χ2n) is 6.06. The topological polar surface area (TPSA) is 18.5 Å². The van der Waals surface area contributed by atoms with E-state index in [-0.39, 0.29) is 0 Å². The van der Waals surface area contributed by atoms with Crippen LogP contribution in [0, 0.1) is 5.92 Å². The quantitative estimate of drug-likeness (QED) is 0.771. The second kappa shape index (κ2) is 8.28. The van der Waals surface area contributed by atoms with E-state index in [0.717, 1.165) is 19.0 Å². The molecule has 1 aromatic rings. The summed E-state index contributed by atoms with van der Waals surface area (Å²) in [5.74, 6) is 0.887. The molecule has 1 heterocycles. The molecule has 3 nitrogen and oxygen atoms in total. The highest BCUT2D eigenvalue weighted by molar-refractivity contribution is 5.44. The maximum Gasteiger partial charge on any atom is 0.0363 e. The zero-order chi connectivity index (χ0) is 14.2. The molecule has 2 rings (SSSR count). The summed E-state index contributed by atoms with van der Waals surface area (Å²) in [4.78, 5) is 4.77. The van der Waals surface area contributed by atoms with Gasteiger partial charge in [-0.1, -0.05) is 18.2 Å². The number of hydrogen-bond acceptors (Lipinski definition) is 3. The van der Waals surface area contributed by atoms with Crippen molar-refractivity contribution >= 4 is 5.69 Å². The van der Waals surface area contributed by atoms with Gasteiger partial charge in [-0.25, -0.2) is 0 Å². The average molecular weight is 275 g/mol. The van der Waals surface area contributed by atoms with Crippen molar-refractivity contribution in [1.82, 2.24) is 10.2 Å². The Morgan fingerprint density at radius 2 is 1.90 bits per heavy atom. The third-order valence-electron chi connectivity index (χ3n) is 4.32. The van der Waals surface area contributed by atoms with Gasteiger partial charge in [-0.15, -0.1) is 0 Å². The van der Waals surface area contributed by atoms with E-state index in [0.29, 0.717) is 0 Å². The Labute approximate surface area is 124 Å². The number of para-hydroxylation sites is 1. The number of rotatable bonds is 7. The highest BCUT2D eigenvalue weighted by Crippen LogP contribution is 2.14. The highest BCUT2D eigenvalue weighted by Gasteiger charge is 2.15. The van der Waals surface area contributed by atoms with Crippen LogP contribution in [0.5, 0.6) is 0 Å². The minimum absolute atomic E-state index is 0.887. The molecule has 0 unspecified atom stereocenters. The molecule has 0 aliphatic carbocycles. The van der Waals surface area contributed by atoms with E-state index in [1.807, 2.05) is 0 Å². The van der Waals surface area contributed by atoms with Crippen molar-refractivity contribution in [1.29, 1.82) is 0 Å². The highest BCUT2D eigenvalue weighted by atomic mass is 15.1. The molecule has 1 aromatic carbocycles. The number of nitrogens with zero attached hydrogens (tertiary/aromatic N) is 2. The number of hydrogen-bond donors (Lipinski definition) is 1. The van der Waals surface area contributed by atoms with Gasteiger partial charge in [-0.05, 0) is 70.5 Å². The van der Waals surface area contributed by atoms with Crippen LogP contribution >= 0.6 is 0 Å². The normalized spacial score (nSPS) is 17.3. The third-order valence-corrected chi connectivity index (χ3v) is 4.32. The molecule has 1 aliphatic heterocycles. The number of likely N-dealkylation sites (tertiary alicyclic amines) is 1. The fourth-order valence-electron chi connectivity index (χ4n) is 2.83. The lowest BCUT2D eigenvalue weighted by Crippen LogP contribution is -2.35. The van der Waals surface area contributed by atoms with Gasteiger partial charge in [-0.2, -0.15) is 0 Å². The van der Waals surface area contributed by atoms with Crippen LogP contribution in [0.15, 0.2) is 30.3 Å². The summed E-state index contributed by atoms with van der Waals surface area (Å²) in [5.41, 5.74) is 1.31. The van der Waals surface area contributed by atoms with Gasteiger partial charge >= 0.3 is 0 Å². The van der Waals surface area contributed by atoms with Crippen LogP contribution < -0.4 is 10.2 Å². The Morgan fingerprint density at radius 1 is 1.20 bits per heavy atom. The van der Waals surface area contributed by atoms with Gasteiger partial charge in [-0.3, -0.25) is 0 Å². The molecular formula is C17H29N3. The van der Waals surface area contributed by atoms with E-state index in [9.17, 15) is 0 Å². The standard InChI is InChI=1S/C17H29N3/c1-19-13-9-16(10-14-19)15-18-11-6-12-20(2)17-7-4-3-5-8-17/h3-5,7-8,16,18H,6,9-15H2,1-2H3. The summed E-state index contributed by atoms with van der Waals surface area (Å²) < 4.78 is 0. The summed E-state index contributed by atoms with van der Waals surface area (Å²) in [6.45, 7) is 5.98. The summed E-state index contributed by atoms with van der Waals surface area (Å²) in [7, 11) is 4.40. The van der Waals surface area contributed by atoms with Crippen LogP contribution in [0.1, 0.15) is 19.3 Å². The monoisotopic (exact) mass is 275 g/mol. The van der Waals surface area contributed by atoms with Crippen molar-refractivity contribution in [3.8, 4) is 0 Å². The first kappa shape index (κ1) is 15.3. The van der Waals surface area contributed by atoms with Crippen LogP contribution in [-0.4, -0.2) is 51.7 Å². The van der Waals surface area contributed by atoms with Crippen molar-refractivity contribution in [2.24, 2.45) is 5.92 Å². The molecule has 0 saturated carbocycles. The Balaban J connectivity index is 1.53. The number of anilines is 1. The van der Waals surface area contributed by atoms with Crippen LogP contribution in [0.2, 0.25) is 0 Å². The molecule has 0 aromatic heterocycles. The predicted octanol–water partition coefficient (Wildman–Crippen LogP) is 2.44. The number of nitrogens with one attached hydrogen (secondary N) is 1. The lowest BCUT2D eigenvalue weighted by atomic mass is 9.97. The molecule has 0 atom stereocenters. The molecule has 1 N–H and O–H groups in total. The number of benzene rings is 1. The van der Waals surface area contributed by atoms with E-state index in [1.54, 1.807) is 0 Å². The Bertz CT molecular complexity index is 358. The van der Waals surface area contributed by atoms with Crippen LogP contribution in [0.4, 0.5) is 5.69 Å². The molecular weight excluding hydrogens is 246 g/mol. The fraction of sp³-hybridized carbons (Fsp3) is 0.647. The minimum Gasteiger partial charge on any atom is -0.375 e. The van der Waals surface area contributed by atoms with Crippen molar-refractivity contribution < 1.29 is 0 Å². The van der Waals surface area contributed by atoms with Gasteiger partial charge in [0.2, 0.25) is 0 Å². The molecule has 0 radical (unpaired) electrons. The molecule has 112 valence electrons. The predicted molar refractivity (Wildman–Crippen MR) is 87.4 cm³/mol. The van der Waals surface area contributed by atoms with Gasteiger partial charge in [0, 0.05) is 19.3 Å². The van der Waals surface area contributed by atoms with E-state index in [1.165, 1.54) is 44.6 Å². The second-order valence-corrected chi connectivity index (χ2v) is 6.06. The van der Waals surface area contributed by atoms with Crippen LogP contribution in [-0.2, 0) is 0 Å². The maximum absolute atomic E-state index is 3.63. The molecule has 3 heteroatoms. The van der Waals surface area contributed by atoms with Crippen molar-refractivity contribution in [2.75, 3.05) is 51.7 Å². The molecule has 1 aliphatic rings. The third kappa shape index (κ3) is 5.14. The van der Waals surface area contributed by atoms with E-state index in [4.69, 9.17) is 0 Å². The summed E-state index contributed by atoms with van der Waals surface area (Å²) in [5, 5.41) is 3.63. The first-order valence-electron chi connectivity index (χ1n) is 7.91. The molecule has 1 fully saturated rings. The summed E-state index contributed by atoms with van der Waals surface area (Å²) in [6.07, 6.45) is 3.92. The first-order chi connectivity index (χ1) is 9.75. The minimum atomic E-state index is 0.887. The zero-order valence-electron chi connectivity index (χ0n) is 13.0. The van der Waals surface area contributed by atoms with Crippen LogP contribution in [0.25, 0.3) is 0 Å². The summed E-state index contributed by atoms with van der Waals surface area (Å²) in [6, 6.07) is 10.6. The maximum atomic E-state index is 3.63. The van der Waals surface area contributed by atoms with Gasteiger partial charge in [0.25, 0.3) is 0 Å². The molecule has 1 saturated heterocycles. The smallest absolute Gasteiger partial charge is 0.0363 e. The molecule has 0 spiro atoms. The van der Waals surface area contributed by atoms with E-state index < -0.39 is 0 Å². The molecule has 0 bridgehead atoms. The van der Waals surface area contributed by atoms with E-state index in [2.05, 4.69) is 59.5 Å². The lowest BCUT2D eigenvalue weighted by molar-refractivity contribution is 0.216. The van der Waals surface area contributed by atoms with Gasteiger partial charge < -0.3 is 15.1 Å². The molecule has 20 heavy (non-hydrogen) atoms. The van der Waals surface area contributed by atoms with Crippen molar-refractivity contribution in [3.63, 3.8) is 0 Å². The van der Waals surface area contributed by atoms with Crippen LogP contribution in [0.3, 0.4) is 0 Å². The SMILES string of the molecule is CN1CCC(CNCCCN(C)c2ccccc2)CC1. The lowest BCUT2D eigenvalue weighted by Gasteiger charge is -2.29. The largest absolute Gasteiger partial charge is 0.375 e.